The number of phenols is 1. The minimum Gasteiger partial charge on any atom is -0.508 e. The molecule has 0 saturated carbocycles. The Morgan fingerprint density at radius 1 is 1.10 bits per heavy atom. The van der Waals surface area contributed by atoms with Gasteiger partial charge in [0.1, 0.15) is 5.75 Å². The van der Waals surface area contributed by atoms with Gasteiger partial charge in [0.15, 0.2) is 0 Å². The lowest BCUT2D eigenvalue weighted by molar-refractivity contribution is -0.151. The molecule has 3 nitrogen and oxygen atoms in total. The fourth-order valence-corrected chi connectivity index (χ4v) is 3.35. The minimum absolute atomic E-state index is 0.122. The third-order valence-corrected chi connectivity index (χ3v) is 4.34. The summed E-state index contributed by atoms with van der Waals surface area (Å²) in [7, 11) is 1.41. The number of ether oxygens (including phenoxy) is 1. The molecule has 21 heavy (non-hydrogen) atoms. The average Bonchev–Trinajstić information content (AvgIpc) is 2.80. The molecule has 0 bridgehead atoms. The number of carbonyl (C=O) groups is 1. The van der Waals surface area contributed by atoms with Crippen molar-refractivity contribution in [3.63, 3.8) is 0 Å². The molecule has 1 aliphatic carbocycles. The van der Waals surface area contributed by atoms with Gasteiger partial charge in [-0.05, 0) is 48.2 Å². The summed E-state index contributed by atoms with van der Waals surface area (Å²) in [6.45, 7) is 3.78. The number of rotatable bonds is 2. The van der Waals surface area contributed by atoms with Crippen molar-refractivity contribution in [1.29, 1.82) is 0 Å². The molecular formula is C18H18O3. The van der Waals surface area contributed by atoms with Crippen LogP contribution in [0, 0.1) is 5.41 Å². The molecule has 2 aromatic rings. The summed E-state index contributed by atoms with van der Waals surface area (Å²) in [5, 5.41) is 9.84. The van der Waals surface area contributed by atoms with Crippen LogP contribution >= 0.6 is 0 Å². The standard InChI is InChI=1S/C18H18O3/c1-18(2,17(20)21-3)16-14-7-5-4-6-12(14)13-9-8-11(19)10-15(13)16/h4-10,16,19H,1-3H3. The lowest BCUT2D eigenvalue weighted by atomic mass is 9.73. The molecule has 0 heterocycles. The second-order valence-corrected chi connectivity index (χ2v) is 6.01. The fourth-order valence-electron chi connectivity index (χ4n) is 3.35. The number of hydrogen-bond acceptors (Lipinski definition) is 3. The van der Waals surface area contributed by atoms with E-state index in [1.165, 1.54) is 7.11 Å². The van der Waals surface area contributed by atoms with E-state index >= 15 is 0 Å². The topological polar surface area (TPSA) is 46.5 Å². The largest absolute Gasteiger partial charge is 0.508 e. The van der Waals surface area contributed by atoms with Crippen molar-refractivity contribution in [2.24, 2.45) is 5.41 Å². The Bertz CT molecular complexity index is 716. The lowest BCUT2D eigenvalue weighted by Gasteiger charge is -2.30. The maximum atomic E-state index is 12.2. The van der Waals surface area contributed by atoms with Gasteiger partial charge in [-0.2, -0.15) is 0 Å². The van der Waals surface area contributed by atoms with Gasteiger partial charge in [0.05, 0.1) is 12.5 Å². The van der Waals surface area contributed by atoms with Crippen molar-refractivity contribution < 1.29 is 14.6 Å². The molecule has 0 spiro atoms. The highest BCUT2D eigenvalue weighted by atomic mass is 16.5. The quantitative estimate of drug-likeness (QED) is 0.854. The number of esters is 1. The molecule has 108 valence electrons. The van der Waals surface area contributed by atoms with Crippen molar-refractivity contribution in [2.75, 3.05) is 7.11 Å². The highest BCUT2D eigenvalue weighted by Crippen LogP contribution is 2.53. The van der Waals surface area contributed by atoms with Gasteiger partial charge in [-0.15, -0.1) is 0 Å². The van der Waals surface area contributed by atoms with Crippen LogP contribution in [0.25, 0.3) is 11.1 Å². The predicted octanol–water partition coefficient (Wildman–Crippen LogP) is 3.70. The Kier molecular flexibility index (Phi) is 3.01. The van der Waals surface area contributed by atoms with Crippen LogP contribution in [0.1, 0.15) is 30.9 Å². The first kappa shape index (κ1) is 13.7. The SMILES string of the molecule is COC(=O)C(C)(C)C1c2ccccc2-c2ccc(O)cc21. The van der Waals surface area contributed by atoms with Gasteiger partial charge in [0.2, 0.25) is 0 Å². The molecule has 1 N–H and O–H groups in total. The minimum atomic E-state index is -0.704. The second kappa shape index (κ2) is 4.62. The highest BCUT2D eigenvalue weighted by molar-refractivity contribution is 5.85. The number of methoxy groups -OCH3 is 1. The van der Waals surface area contributed by atoms with E-state index in [-0.39, 0.29) is 17.6 Å². The molecule has 2 aromatic carbocycles. The zero-order chi connectivity index (χ0) is 15.2. The summed E-state index contributed by atoms with van der Waals surface area (Å²) in [6.07, 6.45) is 0. The highest BCUT2D eigenvalue weighted by Gasteiger charge is 2.44. The van der Waals surface area contributed by atoms with Gasteiger partial charge in [0.25, 0.3) is 0 Å². The normalized spacial score (nSPS) is 16.2. The van der Waals surface area contributed by atoms with E-state index < -0.39 is 5.41 Å². The van der Waals surface area contributed by atoms with Crippen molar-refractivity contribution in [2.45, 2.75) is 19.8 Å². The molecule has 1 atom stereocenters. The number of aromatic hydroxyl groups is 1. The van der Waals surface area contributed by atoms with E-state index in [2.05, 4.69) is 6.07 Å². The first-order chi connectivity index (χ1) is 9.96. The van der Waals surface area contributed by atoms with Crippen molar-refractivity contribution in [3.8, 4) is 16.9 Å². The maximum Gasteiger partial charge on any atom is 0.312 e. The van der Waals surface area contributed by atoms with Crippen LogP contribution < -0.4 is 0 Å². The van der Waals surface area contributed by atoms with Crippen LogP contribution in [0.3, 0.4) is 0 Å². The zero-order valence-electron chi connectivity index (χ0n) is 12.4. The predicted molar refractivity (Wildman–Crippen MR) is 81.2 cm³/mol. The first-order valence-corrected chi connectivity index (χ1v) is 6.97. The monoisotopic (exact) mass is 282 g/mol. The smallest absolute Gasteiger partial charge is 0.312 e. The van der Waals surface area contributed by atoms with Crippen LogP contribution in [0.5, 0.6) is 5.75 Å². The molecule has 3 heteroatoms. The summed E-state index contributed by atoms with van der Waals surface area (Å²) in [5.74, 6) is -0.158. The van der Waals surface area contributed by atoms with Crippen molar-refractivity contribution in [1.82, 2.24) is 0 Å². The summed E-state index contributed by atoms with van der Waals surface area (Å²) in [6, 6.07) is 13.4. The summed E-state index contributed by atoms with van der Waals surface area (Å²) >= 11 is 0. The van der Waals surface area contributed by atoms with Crippen LogP contribution in [-0.4, -0.2) is 18.2 Å². The molecule has 0 saturated heterocycles. The summed E-state index contributed by atoms with van der Waals surface area (Å²) < 4.78 is 4.99. The van der Waals surface area contributed by atoms with Gasteiger partial charge >= 0.3 is 5.97 Å². The Morgan fingerprint density at radius 2 is 1.76 bits per heavy atom. The van der Waals surface area contributed by atoms with Gasteiger partial charge in [0, 0.05) is 5.92 Å². The fraction of sp³-hybridized carbons (Fsp3) is 0.278. The van der Waals surface area contributed by atoms with E-state index in [1.54, 1.807) is 12.1 Å². The molecule has 1 aliphatic rings. The zero-order valence-corrected chi connectivity index (χ0v) is 12.4. The molecule has 0 fully saturated rings. The summed E-state index contributed by atoms with van der Waals surface area (Å²) in [4.78, 5) is 12.2. The van der Waals surface area contributed by atoms with Gasteiger partial charge in [-0.3, -0.25) is 4.79 Å². The Hall–Kier alpha value is -2.29. The van der Waals surface area contributed by atoms with E-state index in [0.29, 0.717) is 0 Å². The van der Waals surface area contributed by atoms with Crippen LogP contribution in [-0.2, 0) is 9.53 Å². The maximum absolute atomic E-state index is 12.2. The second-order valence-electron chi connectivity index (χ2n) is 6.01. The molecule has 0 aromatic heterocycles. The first-order valence-electron chi connectivity index (χ1n) is 6.97. The van der Waals surface area contributed by atoms with Crippen LogP contribution in [0.4, 0.5) is 0 Å². The Balaban J connectivity index is 2.26. The van der Waals surface area contributed by atoms with Crippen molar-refractivity contribution >= 4 is 5.97 Å². The molecular weight excluding hydrogens is 264 g/mol. The number of benzene rings is 2. The van der Waals surface area contributed by atoms with E-state index in [0.717, 1.165) is 22.3 Å². The molecule has 0 radical (unpaired) electrons. The summed E-state index contributed by atoms with van der Waals surface area (Å²) in [5.41, 5.74) is 3.57. The van der Waals surface area contributed by atoms with Crippen LogP contribution in [0.15, 0.2) is 42.5 Å². The van der Waals surface area contributed by atoms with E-state index in [4.69, 9.17) is 4.74 Å². The third-order valence-electron chi connectivity index (χ3n) is 4.34. The number of carbonyl (C=O) groups excluding carboxylic acids is 1. The third kappa shape index (κ3) is 1.92. The molecule has 3 rings (SSSR count). The lowest BCUT2D eigenvalue weighted by Crippen LogP contribution is -2.32. The average molecular weight is 282 g/mol. The van der Waals surface area contributed by atoms with Gasteiger partial charge in [-0.25, -0.2) is 0 Å². The molecule has 1 unspecified atom stereocenters. The van der Waals surface area contributed by atoms with Crippen LogP contribution in [0.2, 0.25) is 0 Å². The van der Waals surface area contributed by atoms with E-state index in [9.17, 15) is 9.90 Å². The number of fused-ring (bicyclic) bond motifs is 3. The Morgan fingerprint density at radius 3 is 2.48 bits per heavy atom. The van der Waals surface area contributed by atoms with Gasteiger partial charge < -0.3 is 9.84 Å². The molecule has 0 amide bonds. The van der Waals surface area contributed by atoms with Crippen molar-refractivity contribution in [3.05, 3.63) is 53.6 Å². The number of phenolic OH excluding ortho intramolecular Hbond substituents is 1. The van der Waals surface area contributed by atoms with Gasteiger partial charge in [-0.1, -0.05) is 30.3 Å². The van der Waals surface area contributed by atoms with E-state index in [1.807, 2.05) is 38.1 Å². The molecule has 0 aliphatic heterocycles. The Labute approximate surface area is 124 Å². The number of hydrogen-bond donors (Lipinski definition) is 1.